The van der Waals surface area contributed by atoms with Crippen molar-refractivity contribution in [1.29, 1.82) is 0 Å². The Labute approximate surface area is 304 Å². The molecule has 2 unspecified atom stereocenters. The molecule has 53 heavy (non-hydrogen) atoms. The third-order valence-electron chi connectivity index (χ3n) is 12.6. The number of aromatic nitrogens is 3. The fourth-order valence-corrected chi connectivity index (χ4v) is 10.1. The number of likely N-dealkylation sites (tertiary alicyclic amines) is 1. The Morgan fingerprint density at radius 1 is 1.08 bits per heavy atom. The van der Waals surface area contributed by atoms with Crippen LogP contribution in [0.5, 0.6) is 11.8 Å². The Morgan fingerprint density at radius 3 is 2.57 bits per heavy atom. The number of piperidine rings is 1. The molecule has 1 amide bonds. The maximum Gasteiger partial charge on any atom is 0.319 e. The summed E-state index contributed by atoms with van der Waals surface area (Å²) >= 11 is 0. The molecule has 4 aromatic rings. The highest BCUT2D eigenvalue weighted by atomic mass is 19.3. The number of phenols is 1. The molecule has 3 aliphatic heterocycles. The summed E-state index contributed by atoms with van der Waals surface area (Å²) in [4.78, 5) is 33.6. The van der Waals surface area contributed by atoms with Crippen LogP contribution in [-0.4, -0.2) is 93.1 Å². The number of hydrogen-bond donors (Lipinski definition) is 1. The van der Waals surface area contributed by atoms with E-state index < -0.39 is 36.3 Å². The summed E-state index contributed by atoms with van der Waals surface area (Å²) in [6, 6.07) is 5.35. The summed E-state index contributed by atoms with van der Waals surface area (Å²) in [5.41, 5.74) is -0.282. The van der Waals surface area contributed by atoms with Gasteiger partial charge in [0.1, 0.15) is 28.6 Å². The number of rotatable bonds is 6. The van der Waals surface area contributed by atoms with Crippen molar-refractivity contribution >= 4 is 33.4 Å². The number of benzene rings is 2. The number of anilines is 1. The van der Waals surface area contributed by atoms with Crippen molar-refractivity contribution in [1.82, 2.24) is 24.8 Å². The third kappa shape index (κ3) is 5.55. The SMILES string of the molecule is C#Cc1c(F)ccc2cc(O)cc(-c3ncc4c(N5CC6CCC(C5)N6C(=O)C5CC(F)(F)C5)nc(OC[C@]56CCC[C@H]5N(C)CCC6)nc4c3F)c12. The molecule has 2 bridgehead atoms. The van der Waals surface area contributed by atoms with Crippen LogP contribution in [0.2, 0.25) is 0 Å². The quantitative estimate of drug-likeness (QED) is 0.174. The van der Waals surface area contributed by atoms with Gasteiger partial charge in [-0.3, -0.25) is 9.78 Å². The average molecular weight is 729 g/mol. The lowest BCUT2D eigenvalue weighted by molar-refractivity contribution is -0.162. The second-order valence-electron chi connectivity index (χ2n) is 15.8. The van der Waals surface area contributed by atoms with E-state index in [-0.39, 0.29) is 62.9 Å². The van der Waals surface area contributed by atoms with E-state index in [4.69, 9.17) is 16.1 Å². The van der Waals surface area contributed by atoms with Crippen molar-refractivity contribution in [2.45, 2.75) is 81.8 Å². The Morgan fingerprint density at radius 2 is 1.83 bits per heavy atom. The average Bonchev–Trinajstić information content (AvgIpc) is 3.68. The van der Waals surface area contributed by atoms with Crippen LogP contribution in [0.4, 0.5) is 23.4 Å². The van der Waals surface area contributed by atoms with Crippen molar-refractivity contribution in [2.75, 3.05) is 38.2 Å². The fourth-order valence-electron chi connectivity index (χ4n) is 10.1. The van der Waals surface area contributed by atoms with Crippen LogP contribution in [0.3, 0.4) is 0 Å². The summed E-state index contributed by atoms with van der Waals surface area (Å²) in [6.45, 7) is 2.14. The highest BCUT2D eigenvalue weighted by Crippen LogP contribution is 2.48. The zero-order chi connectivity index (χ0) is 36.8. The predicted octanol–water partition coefficient (Wildman–Crippen LogP) is 6.68. The van der Waals surface area contributed by atoms with Gasteiger partial charge in [-0.1, -0.05) is 18.4 Å². The van der Waals surface area contributed by atoms with Crippen LogP contribution in [0.1, 0.15) is 63.4 Å². The molecule has 276 valence electrons. The second-order valence-corrected chi connectivity index (χ2v) is 15.8. The van der Waals surface area contributed by atoms with Crippen LogP contribution < -0.4 is 9.64 Å². The van der Waals surface area contributed by atoms with E-state index in [1.54, 1.807) is 4.90 Å². The molecular weight excluding hydrogens is 688 g/mol. The maximum atomic E-state index is 17.1. The molecule has 9 nitrogen and oxygen atoms in total. The molecule has 9 rings (SSSR count). The van der Waals surface area contributed by atoms with E-state index in [1.807, 2.05) is 4.90 Å². The molecule has 2 aromatic heterocycles. The molecule has 0 spiro atoms. The number of carbonyl (C=O) groups is 1. The van der Waals surface area contributed by atoms with Crippen LogP contribution in [-0.2, 0) is 4.79 Å². The van der Waals surface area contributed by atoms with E-state index in [1.165, 1.54) is 30.5 Å². The van der Waals surface area contributed by atoms with E-state index in [0.717, 1.165) is 51.5 Å². The van der Waals surface area contributed by atoms with Crippen LogP contribution in [0.15, 0.2) is 30.5 Å². The van der Waals surface area contributed by atoms with Gasteiger partial charge < -0.3 is 24.5 Å². The number of terminal acetylenes is 1. The number of halogens is 4. The summed E-state index contributed by atoms with van der Waals surface area (Å²) in [5, 5.41) is 11.6. The van der Waals surface area contributed by atoms with Gasteiger partial charge in [0.15, 0.2) is 5.82 Å². The molecule has 13 heteroatoms. The van der Waals surface area contributed by atoms with Crippen LogP contribution in [0.25, 0.3) is 32.9 Å². The number of ether oxygens (including phenoxy) is 1. The highest BCUT2D eigenvalue weighted by molar-refractivity contribution is 6.03. The molecule has 5 heterocycles. The Balaban J connectivity index is 1.13. The molecule has 0 radical (unpaired) electrons. The molecular formula is C40H40F4N6O3. The molecule has 1 N–H and O–H groups in total. The summed E-state index contributed by atoms with van der Waals surface area (Å²) < 4.78 is 65.9. The van der Waals surface area contributed by atoms with Crippen molar-refractivity contribution < 1.29 is 32.2 Å². The van der Waals surface area contributed by atoms with Crippen molar-refractivity contribution in [2.24, 2.45) is 11.3 Å². The van der Waals surface area contributed by atoms with E-state index in [9.17, 15) is 23.1 Å². The second kappa shape index (κ2) is 12.4. The minimum absolute atomic E-state index is 0.00970. The third-order valence-corrected chi connectivity index (χ3v) is 12.6. The number of pyridine rings is 1. The number of hydrogen-bond acceptors (Lipinski definition) is 8. The van der Waals surface area contributed by atoms with Crippen molar-refractivity contribution in [3.8, 4) is 35.4 Å². The van der Waals surface area contributed by atoms with E-state index >= 15 is 4.39 Å². The molecule has 5 aliphatic rings. The Kier molecular flexibility index (Phi) is 8.00. The van der Waals surface area contributed by atoms with Gasteiger partial charge in [0.05, 0.1) is 17.6 Å². The smallest absolute Gasteiger partial charge is 0.319 e. The van der Waals surface area contributed by atoms with Gasteiger partial charge in [0.2, 0.25) is 11.8 Å². The van der Waals surface area contributed by atoms with E-state index in [0.29, 0.717) is 42.3 Å². The summed E-state index contributed by atoms with van der Waals surface area (Å²) in [6.07, 6.45) is 13.0. The first kappa shape index (κ1) is 34.1. The number of carbonyl (C=O) groups excluding carboxylic acids is 1. The fraction of sp³-hybridized carbons (Fsp3) is 0.500. The molecule has 2 aliphatic carbocycles. The van der Waals surface area contributed by atoms with Gasteiger partial charge in [-0.25, -0.2) is 17.6 Å². The minimum Gasteiger partial charge on any atom is -0.508 e. The lowest BCUT2D eigenvalue weighted by Gasteiger charge is -2.45. The van der Waals surface area contributed by atoms with Gasteiger partial charge in [0, 0.05) is 72.5 Å². The van der Waals surface area contributed by atoms with Crippen LogP contribution >= 0.6 is 0 Å². The minimum atomic E-state index is -2.79. The highest BCUT2D eigenvalue weighted by Gasteiger charge is 2.53. The zero-order valence-electron chi connectivity index (χ0n) is 29.4. The molecule has 2 saturated carbocycles. The van der Waals surface area contributed by atoms with Crippen LogP contribution in [0, 0.1) is 35.3 Å². The number of piperazine rings is 1. The molecule has 5 fully saturated rings. The number of fused-ring (bicyclic) bond motifs is 5. The number of amides is 1. The molecule has 3 saturated heterocycles. The lowest BCUT2D eigenvalue weighted by atomic mass is 9.76. The van der Waals surface area contributed by atoms with Gasteiger partial charge >= 0.3 is 6.01 Å². The monoisotopic (exact) mass is 728 g/mol. The van der Waals surface area contributed by atoms with Gasteiger partial charge in [-0.15, -0.1) is 6.42 Å². The standard InChI is InChI=1S/C40H40F4N6O3/c1-3-27-30(41)10-7-22-14-26(51)15-28(32(22)27)34-33(42)35-29(18-45-34)36(47-38(46-35)53-21-39-11-4-6-31(39)48(2)13-5-12-39)49-19-24-8-9-25(20-49)50(24)37(52)23-16-40(43,44)17-23/h1,7,10,14-15,18,23-25,31,51H,4-6,8-9,11-13,16-17,19-21H2,2H3/t24?,25?,31-,39-/m1/s1. The van der Waals surface area contributed by atoms with E-state index in [2.05, 4.69) is 27.8 Å². The topological polar surface area (TPSA) is 94.9 Å². The maximum absolute atomic E-state index is 17.1. The first-order valence-corrected chi connectivity index (χ1v) is 18.5. The van der Waals surface area contributed by atoms with Gasteiger partial charge in [0.25, 0.3) is 0 Å². The van der Waals surface area contributed by atoms with Crippen molar-refractivity contribution in [3.05, 3.63) is 47.7 Å². The number of alkyl halides is 2. The zero-order valence-corrected chi connectivity index (χ0v) is 29.4. The van der Waals surface area contributed by atoms with Gasteiger partial charge in [-0.05, 0) is 75.7 Å². The summed E-state index contributed by atoms with van der Waals surface area (Å²) in [5.74, 6) is -2.56. The molecule has 2 aromatic carbocycles. The normalized spacial score (nSPS) is 26.8. The number of phenolic OH excluding ortho intramolecular Hbond substituents is 1. The lowest BCUT2D eigenvalue weighted by Crippen LogP contribution is -2.59. The predicted molar refractivity (Wildman–Crippen MR) is 191 cm³/mol. The Hall–Kier alpha value is -4.70. The summed E-state index contributed by atoms with van der Waals surface area (Å²) in [7, 11) is 2.15. The molecule has 4 atom stereocenters. The Bertz CT molecular complexity index is 2190. The number of aromatic hydroxyl groups is 1. The van der Waals surface area contributed by atoms with Gasteiger partial charge in [-0.2, -0.15) is 9.97 Å². The largest absolute Gasteiger partial charge is 0.508 e. The first-order valence-electron chi connectivity index (χ1n) is 18.5. The number of nitrogens with zero attached hydrogens (tertiary/aromatic N) is 6. The van der Waals surface area contributed by atoms with Crippen molar-refractivity contribution in [3.63, 3.8) is 0 Å². The first-order chi connectivity index (χ1) is 25.4.